The minimum absolute atomic E-state index is 0.0141. The zero-order valence-corrected chi connectivity index (χ0v) is 11.5. The Morgan fingerprint density at radius 3 is 2.38 bits per heavy atom. The molecule has 0 fully saturated rings. The van der Waals surface area contributed by atoms with Crippen molar-refractivity contribution in [1.82, 2.24) is 5.32 Å². The van der Waals surface area contributed by atoms with Gasteiger partial charge in [-0.25, -0.2) is 9.18 Å². The van der Waals surface area contributed by atoms with Crippen LogP contribution in [0.4, 0.5) is 4.39 Å². The van der Waals surface area contributed by atoms with E-state index in [-0.39, 0.29) is 10.6 Å². The number of rotatable bonds is 4. The maximum atomic E-state index is 13.0. The van der Waals surface area contributed by atoms with Crippen LogP contribution in [0.5, 0.6) is 0 Å². The highest BCUT2D eigenvalue weighted by Crippen LogP contribution is 2.19. The van der Waals surface area contributed by atoms with E-state index in [9.17, 15) is 19.1 Å². The van der Waals surface area contributed by atoms with Crippen LogP contribution in [0, 0.1) is 5.82 Å². The Kier molecular flexibility index (Phi) is 4.55. The predicted octanol–water partition coefficient (Wildman–Crippen LogP) is 3.03. The maximum Gasteiger partial charge on any atom is 0.330 e. The molecule has 0 saturated heterocycles. The van der Waals surface area contributed by atoms with Gasteiger partial charge in [-0.15, -0.1) is 0 Å². The molecular weight excluding hydrogens is 297 g/mol. The molecule has 2 aromatic carbocycles. The molecule has 6 heteroatoms. The highest BCUT2D eigenvalue weighted by atomic mass is 35.5. The van der Waals surface area contributed by atoms with E-state index >= 15 is 0 Å². The van der Waals surface area contributed by atoms with Gasteiger partial charge in [0.05, 0.1) is 10.6 Å². The van der Waals surface area contributed by atoms with E-state index in [4.69, 9.17) is 11.6 Å². The van der Waals surface area contributed by atoms with Gasteiger partial charge < -0.3 is 10.4 Å². The molecule has 0 aliphatic rings. The number of carbonyl (C=O) groups is 2. The Balaban J connectivity index is 2.25. The first-order valence-corrected chi connectivity index (χ1v) is 6.40. The zero-order valence-electron chi connectivity index (χ0n) is 10.7. The standard InChI is InChI=1S/C15H11ClFNO3/c16-12-8-10(17)6-7-11(12)14(19)18-13(15(20)21)9-4-2-1-3-5-9/h1-8,13H,(H,18,19)(H,20,21)/t13-/m0/s1. The third kappa shape index (κ3) is 3.58. The molecule has 108 valence electrons. The fourth-order valence-electron chi connectivity index (χ4n) is 1.82. The van der Waals surface area contributed by atoms with E-state index in [0.29, 0.717) is 5.56 Å². The lowest BCUT2D eigenvalue weighted by atomic mass is 10.1. The lowest BCUT2D eigenvalue weighted by Gasteiger charge is -2.15. The van der Waals surface area contributed by atoms with Crippen LogP contribution in [0.25, 0.3) is 0 Å². The third-order valence-electron chi connectivity index (χ3n) is 2.83. The van der Waals surface area contributed by atoms with Crippen LogP contribution in [0.3, 0.4) is 0 Å². The molecular formula is C15H11ClFNO3. The average Bonchev–Trinajstić information content (AvgIpc) is 2.45. The summed E-state index contributed by atoms with van der Waals surface area (Å²) in [5, 5.41) is 11.5. The molecule has 0 saturated carbocycles. The van der Waals surface area contributed by atoms with Crippen molar-refractivity contribution in [2.75, 3.05) is 0 Å². The third-order valence-corrected chi connectivity index (χ3v) is 3.14. The monoisotopic (exact) mass is 307 g/mol. The normalized spacial score (nSPS) is 11.7. The van der Waals surface area contributed by atoms with Gasteiger partial charge in [-0.3, -0.25) is 4.79 Å². The van der Waals surface area contributed by atoms with Crippen molar-refractivity contribution in [3.8, 4) is 0 Å². The van der Waals surface area contributed by atoms with Crippen LogP contribution in [0.1, 0.15) is 22.0 Å². The molecule has 0 spiro atoms. The molecule has 2 aromatic rings. The molecule has 0 radical (unpaired) electrons. The van der Waals surface area contributed by atoms with Crippen molar-refractivity contribution in [2.45, 2.75) is 6.04 Å². The van der Waals surface area contributed by atoms with E-state index in [2.05, 4.69) is 5.32 Å². The molecule has 0 aromatic heterocycles. The zero-order chi connectivity index (χ0) is 15.4. The second kappa shape index (κ2) is 6.37. The molecule has 4 nitrogen and oxygen atoms in total. The molecule has 0 bridgehead atoms. The molecule has 21 heavy (non-hydrogen) atoms. The van der Waals surface area contributed by atoms with Crippen LogP contribution < -0.4 is 5.32 Å². The van der Waals surface area contributed by atoms with Gasteiger partial charge in [0.15, 0.2) is 6.04 Å². The minimum Gasteiger partial charge on any atom is -0.479 e. The Morgan fingerprint density at radius 1 is 1.14 bits per heavy atom. The molecule has 2 N–H and O–H groups in total. The number of carboxylic acid groups (broad SMARTS) is 1. The first-order chi connectivity index (χ1) is 9.99. The van der Waals surface area contributed by atoms with E-state index in [0.717, 1.165) is 12.1 Å². The summed E-state index contributed by atoms with van der Waals surface area (Å²) in [6.45, 7) is 0. The Morgan fingerprint density at radius 2 is 1.81 bits per heavy atom. The number of hydrogen-bond acceptors (Lipinski definition) is 2. The van der Waals surface area contributed by atoms with Crippen molar-refractivity contribution in [3.63, 3.8) is 0 Å². The topological polar surface area (TPSA) is 66.4 Å². The van der Waals surface area contributed by atoms with Crippen molar-refractivity contribution in [2.24, 2.45) is 0 Å². The van der Waals surface area contributed by atoms with Crippen LogP contribution >= 0.6 is 11.6 Å². The predicted molar refractivity (Wildman–Crippen MR) is 75.7 cm³/mol. The van der Waals surface area contributed by atoms with Crippen molar-refractivity contribution in [3.05, 3.63) is 70.5 Å². The van der Waals surface area contributed by atoms with Gasteiger partial charge in [-0.1, -0.05) is 41.9 Å². The van der Waals surface area contributed by atoms with E-state index < -0.39 is 23.7 Å². The lowest BCUT2D eigenvalue weighted by Crippen LogP contribution is -2.33. The SMILES string of the molecule is O=C(N[C@H](C(=O)O)c1ccccc1)c1ccc(F)cc1Cl. The number of carbonyl (C=O) groups excluding carboxylic acids is 1. The van der Waals surface area contributed by atoms with Gasteiger partial charge in [0.2, 0.25) is 0 Å². The summed E-state index contributed by atoms with van der Waals surface area (Å²) in [5.41, 5.74) is 0.442. The lowest BCUT2D eigenvalue weighted by molar-refractivity contribution is -0.139. The summed E-state index contributed by atoms with van der Waals surface area (Å²) in [4.78, 5) is 23.4. The van der Waals surface area contributed by atoms with Crippen molar-refractivity contribution >= 4 is 23.5 Å². The Labute approximate surface area is 125 Å². The van der Waals surface area contributed by atoms with Crippen LogP contribution in [0.2, 0.25) is 5.02 Å². The van der Waals surface area contributed by atoms with E-state index in [1.807, 2.05) is 0 Å². The van der Waals surface area contributed by atoms with Crippen LogP contribution in [0.15, 0.2) is 48.5 Å². The van der Waals surface area contributed by atoms with Gasteiger partial charge in [0.25, 0.3) is 5.91 Å². The van der Waals surface area contributed by atoms with E-state index in [1.165, 1.54) is 6.07 Å². The number of nitrogens with one attached hydrogen (secondary N) is 1. The maximum absolute atomic E-state index is 13.0. The molecule has 1 amide bonds. The minimum atomic E-state index is -1.21. The number of halogens is 2. The van der Waals surface area contributed by atoms with Gasteiger partial charge in [0, 0.05) is 0 Å². The number of hydrogen-bond donors (Lipinski definition) is 2. The highest BCUT2D eigenvalue weighted by Gasteiger charge is 2.23. The highest BCUT2D eigenvalue weighted by molar-refractivity contribution is 6.33. The second-order valence-corrected chi connectivity index (χ2v) is 4.69. The van der Waals surface area contributed by atoms with E-state index in [1.54, 1.807) is 30.3 Å². The largest absolute Gasteiger partial charge is 0.479 e. The van der Waals surface area contributed by atoms with Crippen LogP contribution in [-0.2, 0) is 4.79 Å². The number of aliphatic carboxylic acids is 1. The fraction of sp³-hybridized carbons (Fsp3) is 0.0667. The second-order valence-electron chi connectivity index (χ2n) is 4.28. The van der Waals surface area contributed by atoms with Crippen molar-refractivity contribution < 1.29 is 19.1 Å². The van der Waals surface area contributed by atoms with Crippen LogP contribution in [-0.4, -0.2) is 17.0 Å². The summed E-state index contributed by atoms with van der Waals surface area (Å²) in [6.07, 6.45) is 0. The molecule has 0 heterocycles. The number of carboxylic acids is 1. The van der Waals surface area contributed by atoms with Gasteiger partial charge >= 0.3 is 5.97 Å². The summed E-state index contributed by atoms with van der Waals surface area (Å²) in [5.74, 6) is -2.46. The summed E-state index contributed by atoms with van der Waals surface area (Å²) in [6, 6.07) is 10.3. The van der Waals surface area contributed by atoms with Gasteiger partial charge in [0.1, 0.15) is 5.82 Å². The molecule has 2 rings (SSSR count). The first kappa shape index (κ1) is 15.0. The molecule has 0 aliphatic heterocycles. The Hall–Kier alpha value is -2.40. The van der Waals surface area contributed by atoms with Gasteiger partial charge in [-0.2, -0.15) is 0 Å². The summed E-state index contributed by atoms with van der Waals surface area (Å²) >= 11 is 5.79. The fourth-order valence-corrected chi connectivity index (χ4v) is 2.07. The summed E-state index contributed by atoms with van der Waals surface area (Å²) in [7, 11) is 0. The smallest absolute Gasteiger partial charge is 0.330 e. The summed E-state index contributed by atoms with van der Waals surface area (Å²) < 4.78 is 13.0. The Bertz CT molecular complexity index is 676. The molecule has 1 atom stereocenters. The molecule has 0 unspecified atom stereocenters. The molecule has 0 aliphatic carbocycles. The number of amides is 1. The quantitative estimate of drug-likeness (QED) is 0.912. The number of benzene rings is 2. The first-order valence-electron chi connectivity index (χ1n) is 6.02. The average molecular weight is 308 g/mol. The van der Waals surface area contributed by atoms with Gasteiger partial charge in [-0.05, 0) is 23.8 Å². The van der Waals surface area contributed by atoms with Crippen molar-refractivity contribution in [1.29, 1.82) is 0 Å².